The topological polar surface area (TPSA) is 101 Å². The van der Waals surface area contributed by atoms with E-state index in [-0.39, 0.29) is 46.9 Å². The van der Waals surface area contributed by atoms with Gasteiger partial charge in [0.2, 0.25) is 5.95 Å². The summed E-state index contributed by atoms with van der Waals surface area (Å²) in [5, 5.41) is 7.89. The first-order valence-corrected chi connectivity index (χ1v) is 15.0. The average molecular weight is 708 g/mol. The van der Waals surface area contributed by atoms with Gasteiger partial charge in [-0.1, -0.05) is 15.9 Å². The number of piperazine rings is 1. The third-order valence-corrected chi connectivity index (χ3v) is 8.70. The summed E-state index contributed by atoms with van der Waals surface area (Å²) in [6.07, 6.45) is -2.80. The molecule has 1 amide bonds. The molecule has 0 unspecified atom stereocenters. The quantitative estimate of drug-likeness (QED) is 0.330. The van der Waals surface area contributed by atoms with Gasteiger partial charge in [0.05, 0.1) is 35.4 Å². The van der Waals surface area contributed by atoms with Crippen molar-refractivity contribution in [2.75, 3.05) is 31.1 Å². The molecule has 6 rings (SSSR count). The summed E-state index contributed by atoms with van der Waals surface area (Å²) in [6, 6.07) is 8.54. The molecule has 1 fully saturated rings. The van der Waals surface area contributed by atoms with Crippen molar-refractivity contribution < 1.29 is 18.0 Å². The predicted molar refractivity (Wildman–Crippen MR) is 169 cm³/mol. The number of carbonyl (C=O) groups is 1. The Morgan fingerprint density at radius 1 is 1.09 bits per heavy atom. The Morgan fingerprint density at radius 2 is 1.82 bits per heavy atom. The van der Waals surface area contributed by atoms with Gasteiger partial charge in [-0.25, -0.2) is 19.2 Å². The van der Waals surface area contributed by atoms with Gasteiger partial charge in [0.25, 0.3) is 11.5 Å². The second-order valence-corrected chi connectivity index (χ2v) is 12.0. The van der Waals surface area contributed by atoms with E-state index in [4.69, 9.17) is 4.98 Å². The fraction of sp³-hybridized carbons (Fsp3) is 0.367. The Labute approximate surface area is 271 Å². The number of halogens is 5. The number of pyridine rings is 1. The van der Waals surface area contributed by atoms with E-state index >= 15 is 0 Å². The summed E-state index contributed by atoms with van der Waals surface area (Å²) in [4.78, 5) is 40.9. The van der Waals surface area contributed by atoms with Crippen molar-refractivity contribution in [3.63, 3.8) is 0 Å². The Kier molecular flexibility index (Phi) is 9.11. The van der Waals surface area contributed by atoms with Gasteiger partial charge >= 0.3 is 6.18 Å². The maximum absolute atomic E-state index is 14.2. The molecule has 0 saturated carbocycles. The lowest BCUT2D eigenvalue weighted by Gasteiger charge is -2.34. The van der Waals surface area contributed by atoms with Crippen molar-refractivity contribution in [1.29, 1.82) is 0 Å². The van der Waals surface area contributed by atoms with Crippen molar-refractivity contribution in [3.8, 4) is 11.6 Å². The molecule has 2 aliphatic heterocycles. The first-order chi connectivity index (χ1) is 20.9. The van der Waals surface area contributed by atoms with E-state index in [1.54, 1.807) is 17.8 Å². The van der Waals surface area contributed by atoms with Crippen LogP contribution in [0, 0.1) is 13.8 Å². The fourth-order valence-electron chi connectivity index (χ4n) is 5.76. The Morgan fingerprint density at radius 3 is 2.44 bits per heavy atom. The van der Waals surface area contributed by atoms with Crippen LogP contribution in [0.15, 0.2) is 51.9 Å². The van der Waals surface area contributed by atoms with E-state index in [0.717, 1.165) is 49.5 Å². The van der Waals surface area contributed by atoms with Crippen LogP contribution in [-0.2, 0) is 19.1 Å². The van der Waals surface area contributed by atoms with E-state index in [1.165, 1.54) is 21.6 Å². The fourth-order valence-corrected chi connectivity index (χ4v) is 6.23. The van der Waals surface area contributed by atoms with Crippen molar-refractivity contribution in [1.82, 2.24) is 34.5 Å². The maximum Gasteiger partial charge on any atom is 0.417 e. The van der Waals surface area contributed by atoms with Gasteiger partial charge < -0.3 is 15.1 Å². The van der Waals surface area contributed by atoms with Crippen LogP contribution in [0.25, 0.3) is 11.6 Å². The highest BCUT2D eigenvalue weighted by Gasteiger charge is 2.36. The van der Waals surface area contributed by atoms with Gasteiger partial charge in [-0.3, -0.25) is 9.59 Å². The maximum atomic E-state index is 14.2. The highest BCUT2D eigenvalue weighted by Crippen LogP contribution is 2.36. The number of fused-ring (bicyclic) bond motifs is 1. The van der Waals surface area contributed by atoms with Crippen molar-refractivity contribution in [3.05, 3.63) is 91.2 Å². The van der Waals surface area contributed by atoms with Crippen molar-refractivity contribution in [2.45, 2.75) is 46.0 Å². The molecule has 0 aliphatic carbocycles. The SMILES string of the molecule is Cc1cc(C)n(-c2nc3c(c(=O)n2-c2ccc(N4CCNCC4)nc2)C[C@@H](C)N(C(=O)c2ccc(Br)c(C(F)(F)F)c2)C3)n1.Cl. The van der Waals surface area contributed by atoms with Gasteiger partial charge in [0.1, 0.15) is 5.82 Å². The molecule has 1 saturated heterocycles. The number of alkyl halides is 3. The lowest BCUT2D eigenvalue weighted by Crippen LogP contribution is -2.46. The summed E-state index contributed by atoms with van der Waals surface area (Å²) in [5.41, 5.74) is 1.47. The van der Waals surface area contributed by atoms with Crippen LogP contribution in [0.3, 0.4) is 0 Å². The minimum Gasteiger partial charge on any atom is -0.354 e. The highest BCUT2D eigenvalue weighted by atomic mass is 79.9. The van der Waals surface area contributed by atoms with Gasteiger partial charge in [-0.15, -0.1) is 12.4 Å². The molecule has 0 spiro atoms. The lowest BCUT2D eigenvalue weighted by molar-refractivity contribution is -0.138. The first kappa shape index (κ1) is 32.6. The number of amides is 1. The lowest BCUT2D eigenvalue weighted by atomic mass is 9.98. The molecular formula is C30H31BrClF3N8O2. The molecule has 1 N–H and O–H groups in total. The average Bonchev–Trinajstić information content (AvgIpc) is 3.34. The number of nitrogens with zero attached hydrogens (tertiary/aromatic N) is 7. The number of nitrogens with one attached hydrogen (secondary N) is 1. The van der Waals surface area contributed by atoms with Crippen LogP contribution >= 0.6 is 28.3 Å². The molecule has 238 valence electrons. The molecule has 0 bridgehead atoms. The zero-order valence-corrected chi connectivity index (χ0v) is 27.1. The monoisotopic (exact) mass is 706 g/mol. The van der Waals surface area contributed by atoms with E-state index in [1.807, 2.05) is 32.0 Å². The third kappa shape index (κ3) is 6.23. The molecule has 0 radical (unpaired) electrons. The molecule has 15 heteroatoms. The molecule has 5 heterocycles. The van der Waals surface area contributed by atoms with E-state index < -0.39 is 23.7 Å². The molecular weight excluding hydrogens is 677 g/mol. The van der Waals surface area contributed by atoms with Gasteiger partial charge in [0.15, 0.2) is 0 Å². The number of anilines is 1. The predicted octanol–water partition coefficient (Wildman–Crippen LogP) is 4.63. The normalized spacial score (nSPS) is 16.7. The van der Waals surface area contributed by atoms with Crippen molar-refractivity contribution >= 4 is 40.1 Å². The van der Waals surface area contributed by atoms with E-state index in [2.05, 4.69) is 36.2 Å². The van der Waals surface area contributed by atoms with Crippen LogP contribution in [0.4, 0.5) is 19.0 Å². The van der Waals surface area contributed by atoms with Crippen LogP contribution in [0.2, 0.25) is 0 Å². The third-order valence-electron chi connectivity index (χ3n) is 8.01. The molecule has 4 aromatic rings. The minimum atomic E-state index is -4.63. The van der Waals surface area contributed by atoms with Gasteiger partial charge in [-0.05, 0) is 63.6 Å². The minimum absolute atomic E-state index is 0. The molecule has 45 heavy (non-hydrogen) atoms. The number of rotatable bonds is 4. The molecule has 2 aliphatic rings. The zero-order chi connectivity index (χ0) is 31.3. The van der Waals surface area contributed by atoms with Crippen LogP contribution in [0.1, 0.15) is 45.5 Å². The standard InChI is InChI=1S/C30H30BrF3N8O2.ClH/c1-17-12-19(3)42(38-17)29-37-25-16-40(27(43)20-4-6-24(31)23(14-20)30(32,33)34)18(2)13-22(25)28(44)41(29)21-5-7-26(36-15-21)39-10-8-35-9-11-39;/h4-7,12,14-15,18,35H,8-11,13,16H2,1-3H3;1H/t18-;/m1./s1. The summed E-state index contributed by atoms with van der Waals surface area (Å²) in [6.45, 7) is 8.80. The van der Waals surface area contributed by atoms with Gasteiger partial charge in [0, 0.05) is 53.5 Å². The summed E-state index contributed by atoms with van der Waals surface area (Å²) in [7, 11) is 0. The Bertz CT molecular complexity index is 1800. The largest absolute Gasteiger partial charge is 0.417 e. The van der Waals surface area contributed by atoms with Gasteiger partial charge in [-0.2, -0.15) is 18.3 Å². The van der Waals surface area contributed by atoms with E-state index in [9.17, 15) is 22.8 Å². The summed E-state index contributed by atoms with van der Waals surface area (Å²) < 4.78 is 43.6. The zero-order valence-electron chi connectivity index (χ0n) is 24.7. The van der Waals surface area contributed by atoms with Crippen LogP contribution in [-0.4, -0.2) is 67.3 Å². The number of benzene rings is 1. The smallest absolute Gasteiger partial charge is 0.354 e. The first-order valence-electron chi connectivity index (χ1n) is 14.2. The number of aryl methyl sites for hydroxylation is 2. The summed E-state index contributed by atoms with van der Waals surface area (Å²) in [5.74, 6) is 0.472. The Balaban J connectivity index is 0.00000400. The van der Waals surface area contributed by atoms with E-state index in [0.29, 0.717) is 16.9 Å². The second kappa shape index (κ2) is 12.6. The number of hydrogen-bond donors (Lipinski definition) is 1. The van der Waals surface area contributed by atoms with Crippen molar-refractivity contribution in [2.24, 2.45) is 0 Å². The summed E-state index contributed by atoms with van der Waals surface area (Å²) >= 11 is 2.93. The number of hydrogen-bond acceptors (Lipinski definition) is 7. The Hall–Kier alpha value is -3.75. The number of carbonyl (C=O) groups excluding carboxylic acids is 1. The number of aromatic nitrogens is 5. The second-order valence-electron chi connectivity index (χ2n) is 11.1. The van der Waals surface area contributed by atoms with Crippen LogP contribution in [0.5, 0.6) is 0 Å². The van der Waals surface area contributed by atoms with Crippen LogP contribution < -0.4 is 15.8 Å². The molecule has 10 nitrogen and oxygen atoms in total. The molecule has 1 atom stereocenters. The molecule has 1 aromatic carbocycles. The highest BCUT2D eigenvalue weighted by molar-refractivity contribution is 9.10. The molecule has 3 aromatic heterocycles.